The summed E-state index contributed by atoms with van der Waals surface area (Å²) in [7, 11) is 0. The normalized spacial score (nSPS) is 30.8. The van der Waals surface area contributed by atoms with Gasteiger partial charge in [-0.1, -0.05) is 12.1 Å². The molecular formula is C14H16FNO. The standard InChI is InChI=1S/C14H16FNO/c15-12-3-1-2-10-6-9-4-5-14(7-9,13(16)17)8-11(10)12/h1-3,9H,4-8H2,(H2,16,17). The second-order valence-corrected chi connectivity index (χ2v) is 5.51. The lowest BCUT2D eigenvalue weighted by molar-refractivity contribution is -0.127. The van der Waals surface area contributed by atoms with Gasteiger partial charge in [0.2, 0.25) is 5.91 Å². The maximum absolute atomic E-state index is 13.9. The molecule has 0 aromatic heterocycles. The van der Waals surface area contributed by atoms with Gasteiger partial charge in [0.05, 0.1) is 5.41 Å². The van der Waals surface area contributed by atoms with Gasteiger partial charge >= 0.3 is 0 Å². The van der Waals surface area contributed by atoms with Crippen molar-refractivity contribution in [2.45, 2.75) is 32.1 Å². The van der Waals surface area contributed by atoms with E-state index in [9.17, 15) is 9.18 Å². The summed E-state index contributed by atoms with van der Waals surface area (Å²) in [5.74, 6) is 0.0531. The van der Waals surface area contributed by atoms with Crippen molar-refractivity contribution in [3.63, 3.8) is 0 Å². The molecule has 1 saturated carbocycles. The van der Waals surface area contributed by atoms with Gasteiger partial charge in [-0.15, -0.1) is 0 Å². The average molecular weight is 233 g/mol. The number of rotatable bonds is 1. The number of benzene rings is 1. The van der Waals surface area contributed by atoms with Crippen LogP contribution in [0.25, 0.3) is 0 Å². The molecule has 2 aliphatic rings. The van der Waals surface area contributed by atoms with Crippen LogP contribution in [0.3, 0.4) is 0 Å². The predicted molar refractivity (Wildman–Crippen MR) is 62.8 cm³/mol. The number of carbonyl (C=O) groups excluding carboxylic acids is 1. The number of halogens is 1. The first-order valence-electron chi connectivity index (χ1n) is 6.17. The van der Waals surface area contributed by atoms with Crippen LogP contribution in [0.15, 0.2) is 18.2 Å². The fraction of sp³-hybridized carbons (Fsp3) is 0.500. The summed E-state index contributed by atoms with van der Waals surface area (Å²) in [5, 5.41) is 0. The van der Waals surface area contributed by atoms with Gasteiger partial charge in [-0.25, -0.2) is 4.39 Å². The van der Waals surface area contributed by atoms with Gasteiger partial charge < -0.3 is 5.73 Å². The number of hydrogen-bond acceptors (Lipinski definition) is 1. The lowest BCUT2D eigenvalue weighted by atomic mass is 9.79. The summed E-state index contributed by atoms with van der Waals surface area (Å²) in [6, 6.07) is 5.21. The molecule has 2 unspecified atom stereocenters. The van der Waals surface area contributed by atoms with Crippen LogP contribution in [0, 0.1) is 17.2 Å². The molecule has 2 atom stereocenters. The summed E-state index contributed by atoms with van der Waals surface area (Å²) >= 11 is 0. The largest absolute Gasteiger partial charge is 0.369 e. The SMILES string of the molecule is NC(=O)C12CCC(Cc3cccc(F)c3C1)C2. The Labute approximate surface area is 100 Å². The Morgan fingerprint density at radius 2 is 2.29 bits per heavy atom. The molecule has 0 spiro atoms. The fourth-order valence-electron chi connectivity index (χ4n) is 3.52. The number of carbonyl (C=O) groups is 1. The lowest BCUT2D eigenvalue weighted by Crippen LogP contribution is -2.36. The van der Waals surface area contributed by atoms with E-state index in [4.69, 9.17) is 5.73 Å². The molecule has 1 amide bonds. The first-order valence-corrected chi connectivity index (χ1v) is 6.17. The highest BCUT2D eigenvalue weighted by Gasteiger charge is 2.46. The minimum absolute atomic E-state index is 0.185. The lowest BCUT2D eigenvalue weighted by Gasteiger charge is -2.25. The van der Waals surface area contributed by atoms with Gasteiger partial charge in [0.25, 0.3) is 0 Å². The van der Waals surface area contributed by atoms with Crippen molar-refractivity contribution in [1.82, 2.24) is 0 Å². The van der Waals surface area contributed by atoms with Crippen molar-refractivity contribution in [1.29, 1.82) is 0 Å². The van der Waals surface area contributed by atoms with Gasteiger partial charge in [-0.3, -0.25) is 4.79 Å². The molecule has 0 radical (unpaired) electrons. The molecule has 1 aromatic carbocycles. The highest BCUT2D eigenvalue weighted by Crippen LogP contribution is 2.48. The van der Waals surface area contributed by atoms with Crippen LogP contribution in [-0.4, -0.2) is 5.91 Å². The summed E-state index contributed by atoms with van der Waals surface area (Å²) in [4.78, 5) is 11.7. The third-order valence-corrected chi connectivity index (χ3v) is 4.47. The summed E-state index contributed by atoms with van der Waals surface area (Å²) in [6.45, 7) is 0. The van der Waals surface area contributed by atoms with Crippen molar-refractivity contribution in [3.05, 3.63) is 35.1 Å². The number of hydrogen-bond donors (Lipinski definition) is 1. The van der Waals surface area contributed by atoms with E-state index in [1.54, 1.807) is 6.07 Å². The zero-order valence-corrected chi connectivity index (χ0v) is 9.71. The van der Waals surface area contributed by atoms with E-state index in [1.807, 2.05) is 6.07 Å². The Balaban J connectivity index is 2.10. The van der Waals surface area contributed by atoms with E-state index in [2.05, 4.69) is 0 Å². The van der Waals surface area contributed by atoms with Crippen LogP contribution in [0.4, 0.5) is 4.39 Å². The first kappa shape index (κ1) is 10.8. The first-order chi connectivity index (χ1) is 8.11. The molecule has 2 N–H and O–H groups in total. The molecule has 3 rings (SSSR count). The van der Waals surface area contributed by atoms with Crippen molar-refractivity contribution >= 4 is 5.91 Å². The van der Waals surface area contributed by atoms with Crippen molar-refractivity contribution in [2.75, 3.05) is 0 Å². The van der Waals surface area contributed by atoms with Crippen LogP contribution < -0.4 is 5.73 Å². The molecule has 2 aliphatic carbocycles. The molecule has 2 bridgehead atoms. The van der Waals surface area contributed by atoms with Gasteiger partial charge in [0.1, 0.15) is 5.82 Å². The maximum atomic E-state index is 13.9. The quantitative estimate of drug-likeness (QED) is 0.794. The number of nitrogens with two attached hydrogens (primary N) is 1. The minimum atomic E-state index is -0.488. The van der Waals surface area contributed by atoms with Gasteiger partial charge in [-0.2, -0.15) is 0 Å². The van der Waals surface area contributed by atoms with E-state index in [-0.39, 0.29) is 11.7 Å². The third kappa shape index (κ3) is 1.56. The Bertz CT molecular complexity index is 485. The Morgan fingerprint density at radius 1 is 1.47 bits per heavy atom. The molecule has 0 aliphatic heterocycles. The van der Waals surface area contributed by atoms with Crippen molar-refractivity contribution in [3.8, 4) is 0 Å². The highest BCUT2D eigenvalue weighted by molar-refractivity contribution is 5.81. The molecular weight excluding hydrogens is 217 g/mol. The van der Waals surface area contributed by atoms with Crippen molar-refractivity contribution in [2.24, 2.45) is 17.1 Å². The second kappa shape index (κ2) is 3.56. The smallest absolute Gasteiger partial charge is 0.223 e. The molecule has 17 heavy (non-hydrogen) atoms. The molecule has 0 saturated heterocycles. The number of amides is 1. The van der Waals surface area contributed by atoms with Crippen LogP contribution in [0.1, 0.15) is 30.4 Å². The highest BCUT2D eigenvalue weighted by atomic mass is 19.1. The van der Waals surface area contributed by atoms with Gasteiger partial charge in [-0.05, 0) is 55.2 Å². The van der Waals surface area contributed by atoms with Crippen LogP contribution in [0.5, 0.6) is 0 Å². The average Bonchev–Trinajstić information content (AvgIpc) is 2.57. The van der Waals surface area contributed by atoms with Crippen molar-refractivity contribution < 1.29 is 9.18 Å². The minimum Gasteiger partial charge on any atom is -0.369 e. The molecule has 3 heteroatoms. The zero-order chi connectivity index (χ0) is 12.0. The van der Waals surface area contributed by atoms with E-state index >= 15 is 0 Å². The van der Waals surface area contributed by atoms with E-state index in [0.717, 1.165) is 31.2 Å². The number of fused-ring (bicyclic) bond motifs is 3. The summed E-state index contributed by atoms with van der Waals surface area (Å²) in [6.07, 6.45) is 4.07. The zero-order valence-electron chi connectivity index (χ0n) is 9.71. The van der Waals surface area contributed by atoms with Gasteiger partial charge in [0, 0.05) is 0 Å². The predicted octanol–water partition coefficient (Wildman–Crippen LogP) is 2.20. The topological polar surface area (TPSA) is 43.1 Å². The Kier molecular flexibility index (Phi) is 2.25. The summed E-state index contributed by atoms with van der Waals surface area (Å²) in [5.41, 5.74) is 6.85. The Morgan fingerprint density at radius 3 is 3.06 bits per heavy atom. The molecule has 1 aromatic rings. The van der Waals surface area contributed by atoms with Crippen LogP contribution in [0.2, 0.25) is 0 Å². The van der Waals surface area contributed by atoms with Gasteiger partial charge in [0.15, 0.2) is 0 Å². The maximum Gasteiger partial charge on any atom is 0.223 e. The number of primary amides is 1. The third-order valence-electron chi connectivity index (χ3n) is 4.47. The van der Waals surface area contributed by atoms with Crippen LogP contribution >= 0.6 is 0 Å². The second-order valence-electron chi connectivity index (χ2n) is 5.51. The van der Waals surface area contributed by atoms with Crippen LogP contribution in [-0.2, 0) is 17.6 Å². The van der Waals surface area contributed by atoms with E-state index < -0.39 is 5.41 Å². The molecule has 1 fully saturated rings. The Hall–Kier alpha value is -1.38. The molecule has 0 heterocycles. The van der Waals surface area contributed by atoms with E-state index in [1.165, 1.54) is 6.07 Å². The molecule has 2 nitrogen and oxygen atoms in total. The molecule has 90 valence electrons. The summed E-state index contributed by atoms with van der Waals surface area (Å²) < 4.78 is 13.9. The fourth-order valence-corrected chi connectivity index (χ4v) is 3.52. The monoisotopic (exact) mass is 233 g/mol. The van der Waals surface area contributed by atoms with E-state index in [0.29, 0.717) is 17.9 Å².